The van der Waals surface area contributed by atoms with Gasteiger partial charge in [-0.15, -0.1) is 5.10 Å². The van der Waals surface area contributed by atoms with Crippen LogP contribution in [0.5, 0.6) is 0 Å². The summed E-state index contributed by atoms with van der Waals surface area (Å²) in [6.45, 7) is 1.92. The number of carboxylic acid groups (broad SMARTS) is 1. The largest absolute Gasteiger partial charge is 0.476 e. The van der Waals surface area contributed by atoms with E-state index in [0.29, 0.717) is 12.2 Å². The highest BCUT2D eigenvalue weighted by atomic mass is 16.4. The summed E-state index contributed by atoms with van der Waals surface area (Å²) in [6.07, 6.45) is 1.26. The van der Waals surface area contributed by atoms with Crippen LogP contribution in [0.15, 0.2) is 4.79 Å². The van der Waals surface area contributed by atoms with Gasteiger partial charge in [-0.05, 0) is 6.42 Å². The molecule has 90 valence electrons. The molecule has 0 aliphatic heterocycles. The number of aromatic carboxylic acids is 1. The van der Waals surface area contributed by atoms with Gasteiger partial charge in [-0.25, -0.2) is 19.0 Å². The molecule has 0 saturated carbocycles. The maximum atomic E-state index is 11.9. The van der Waals surface area contributed by atoms with E-state index in [0.717, 1.165) is 11.1 Å². The molecule has 2 heterocycles. The molecule has 0 atom stereocenters. The van der Waals surface area contributed by atoms with Gasteiger partial charge in [0.25, 0.3) is 0 Å². The number of nitrogens with zero attached hydrogens (tertiary/aromatic N) is 5. The maximum absolute atomic E-state index is 11.9. The summed E-state index contributed by atoms with van der Waals surface area (Å²) in [6, 6.07) is 0. The molecule has 2 rings (SSSR count). The molecule has 8 nitrogen and oxygen atoms in total. The van der Waals surface area contributed by atoms with Gasteiger partial charge >= 0.3 is 11.7 Å². The Labute approximate surface area is 95.5 Å². The molecule has 0 amide bonds. The maximum Gasteiger partial charge on any atom is 0.358 e. The SMILES string of the molecule is CCCc1nc(C(=O)O)c2nnn(C)c(=O)n12. The minimum absolute atomic E-state index is 0.0101. The number of imidazole rings is 1. The Balaban J connectivity index is 2.86. The summed E-state index contributed by atoms with van der Waals surface area (Å²) in [4.78, 5) is 26.8. The van der Waals surface area contributed by atoms with Gasteiger partial charge < -0.3 is 5.11 Å². The first-order valence-corrected chi connectivity index (χ1v) is 5.10. The zero-order valence-corrected chi connectivity index (χ0v) is 9.41. The molecular formula is C9H11N5O3. The van der Waals surface area contributed by atoms with Crippen molar-refractivity contribution >= 4 is 11.6 Å². The Morgan fingerprint density at radius 1 is 1.47 bits per heavy atom. The summed E-state index contributed by atoms with van der Waals surface area (Å²) >= 11 is 0. The first-order chi connectivity index (χ1) is 8.06. The van der Waals surface area contributed by atoms with E-state index < -0.39 is 11.7 Å². The number of fused-ring (bicyclic) bond motifs is 1. The van der Waals surface area contributed by atoms with Crippen molar-refractivity contribution < 1.29 is 9.90 Å². The average molecular weight is 237 g/mol. The van der Waals surface area contributed by atoms with Crippen molar-refractivity contribution in [1.82, 2.24) is 24.4 Å². The minimum Gasteiger partial charge on any atom is -0.476 e. The molecule has 0 aliphatic carbocycles. The average Bonchev–Trinajstić information content (AvgIpc) is 2.64. The lowest BCUT2D eigenvalue weighted by Gasteiger charge is -1.98. The first-order valence-electron chi connectivity index (χ1n) is 5.10. The van der Waals surface area contributed by atoms with Crippen molar-refractivity contribution in [3.8, 4) is 0 Å². The molecule has 2 aromatic heterocycles. The van der Waals surface area contributed by atoms with E-state index in [9.17, 15) is 9.59 Å². The van der Waals surface area contributed by atoms with Crippen LogP contribution in [0.3, 0.4) is 0 Å². The van der Waals surface area contributed by atoms with Gasteiger partial charge in [0, 0.05) is 13.5 Å². The second-order valence-electron chi connectivity index (χ2n) is 3.59. The van der Waals surface area contributed by atoms with Crippen molar-refractivity contribution in [2.45, 2.75) is 19.8 Å². The number of hydrogen-bond donors (Lipinski definition) is 1. The minimum atomic E-state index is -1.22. The molecule has 0 aliphatic rings. The fraction of sp³-hybridized carbons (Fsp3) is 0.444. The Kier molecular flexibility index (Phi) is 2.62. The summed E-state index contributed by atoms with van der Waals surface area (Å²) in [5.74, 6) is -0.817. The highest BCUT2D eigenvalue weighted by Crippen LogP contribution is 2.09. The smallest absolute Gasteiger partial charge is 0.358 e. The zero-order valence-electron chi connectivity index (χ0n) is 9.41. The normalized spacial score (nSPS) is 10.9. The Morgan fingerprint density at radius 2 is 2.18 bits per heavy atom. The van der Waals surface area contributed by atoms with E-state index >= 15 is 0 Å². The highest BCUT2D eigenvalue weighted by Gasteiger charge is 2.20. The molecule has 0 unspecified atom stereocenters. The Bertz CT molecular complexity index is 642. The number of carboxylic acids is 1. The van der Waals surface area contributed by atoms with Crippen LogP contribution in [-0.4, -0.2) is 35.5 Å². The van der Waals surface area contributed by atoms with Crippen LogP contribution < -0.4 is 5.69 Å². The molecule has 0 radical (unpaired) electrons. The molecule has 0 aromatic carbocycles. The van der Waals surface area contributed by atoms with Crippen molar-refractivity contribution in [3.63, 3.8) is 0 Å². The molecule has 0 saturated heterocycles. The standard InChI is InChI=1S/C9H11N5O3/c1-3-4-5-10-6(8(15)16)7-11-12-13(2)9(17)14(5)7/h3-4H2,1-2H3,(H,15,16). The summed E-state index contributed by atoms with van der Waals surface area (Å²) in [7, 11) is 1.45. The van der Waals surface area contributed by atoms with Gasteiger partial charge in [0.1, 0.15) is 5.82 Å². The summed E-state index contributed by atoms with van der Waals surface area (Å²) in [5.41, 5.74) is -0.693. The van der Waals surface area contributed by atoms with Crippen LogP contribution >= 0.6 is 0 Å². The lowest BCUT2D eigenvalue weighted by molar-refractivity contribution is 0.0692. The Morgan fingerprint density at radius 3 is 2.76 bits per heavy atom. The number of aryl methyl sites for hydroxylation is 2. The Hall–Kier alpha value is -2.25. The second kappa shape index (κ2) is 3.96. The number of carbonyl (C=O) groups is 1. The third kappa shape index (κ3) is 1.67. The number of rotatable bonds is 3. The monoisotopic (exact) mass is 237 g/mol. The fourth-order valence-electron chi connectivity index (χ4n) is 1.58. The second-order valence-corrected chi connectivity index (χ2v) is 3.59. The first kappa shape index (κ1) is 11.2. The molecule has 0 spiro atoms. The summed E-state index contributed by atoms with van der Waals surface area (Å²) < 4.78 is 2.24. The molecule has 17 heavy (non-hydrogen) atoms. The molecule has 2 aromatic rings. The van der Waals surface area contributed by atoms with E-state index in [4.69, 9.17) is 5.11 Å². The molecular weight excluding hydrogens is 226 g/mol. The van der Waals surface area contributed by atoms with Gasteiger partial charge in [0.2, 0.25) is 0 Å². The van der Waals surface area contributed by atoms with Crippen molar-refractivity contribution in [3.05, 3.63) is 22.0 Å². The third-order valence-corrected chi connectivity index (χ3v) is 2.34. The topological polar surface area (TPSA) is 102 Å². The zero-order chi connectivity index (χ0) is 12.6. The van der Waals surface area contributed by atoms with Crippen molar-refractivity contribution in [2.75, 3.05) is 0 Å². The predicted molar refractivity (Wildman–Crippen MR) is 57.0 cm³/mol. The quantitative estimate of drug-likeness (QED) is 0.770. The van der Waals surface area contributed by atoms with Crippen LogP contribution in [-0.2, 0) is 13.5 Å². The number of hydrogen-bond acceptors (Lipinski definition) is 5. The fourth-order valence-corrected chi connectivity index (χ4v) is 1.58. The van der Waals surface area contributed by atoms with Crippen LogP contribution in [0.25, 0.3) is 5.65 Å². The third-order valence-electron chi connectivity index (χ3n) is 2.34. The van der Waals surface area contributed by atoms with Gasteiger partial charge in [-0.3, -0.25) is 0 Å². The molecule has 1 N–H and O–H groups in total. The van der Waals surface area contributed by atoms with Gasteiger partial charge in [0.05, 0.1) is 0 Å². The van der Waals surface area contributed by atoms with E-state index in [1.54, 1.807) is 0 Å². The van der Waals surface area contributed by atoms with Gasteiger partial charge in [0.15, 0.2) is 11.3 Å². The van der Waals surface area contributed by atoms with E-state index in [-0.39, 0.29) is 11.3 Å². The summed E-state index contributed by atoms with van der Waals surface area (Å²) in [5, 5.41) is 16.2. The molecule has 0 fully saturated rings. The number of aromatic nitrogens is 5. The lowest BCUT2D eigenvalue weighted by Crippen LogP contribution is -2.28. The van der Waals surface area contributed by atoms with Crippen LogP contribution in [0.2, 0.25) is 0 Å². The van der Waals surface area contributed by atoms with E-state index in [1.165, 1.54) is 11.4 Å². The van der Waals surface area contributed by atoms with E-state index in [1.807, 2.05) is 6.92 Å². The van der Waals surface area contributed by atoms with Gasteiger partial charge in [-0.2, -0.15) is 4.68 Å². The molecule has 0 bridgehead atoms. The van der Waals surface area contributed by atoms with Crippen LogP contribution in [0.4, 0.5) is 0 Å². The molecule has 8 heteroatoms. The van der Waals surface area contributed by atoms with E-state index in [2.05, 4.69) is 15.3 Å². The lowest BCUT2D eigenvalue weighted by atomic mass is 10.3. The highest BCUT2D eigenvalue weighted by molar-refractivity contribution is 5.92. The van der Waals surface area contributed by atoms with Crippen LogP contribution in [0.1, 0.15) is 29.7 Å². The van der Waals surface area contributed by atoms with Crippen molar-refractivity contribution in [1.29, 1.82) is 0 Å². The van der Waals surface area contributed by atoms with Crippen molar-refractivity contribution in [2.24, 2.45) is 7.05 Å². The predicted octanol–water partition coefficient (Wildman–Crippen LogP) is -0.526. The van der Waals surface area contributed by atoms with Crippen LogP contribution in [0, 0.1) is 0 Å². The van der Waals surface area contributed by atoms with Gasteiger partial charge in [-0.1, -0.05) is 12.1 Å².